The molecule has 8 heteroatoms. The van der Waals surface area contributed by atoms with Crippen molar-refractivity contribution in [3.05, 3.63) is 47.9 Å². The predicted octanol–water partition coefficient (Wildman–Crippen LogP) is 3.85. The Morgan fingerprint density at radius 2 is 2.12 bits per heavy atom. The minimum Gasteiger partial charge on any atom is -0.467 e. The monoisotopic (exact) mass is 364 g/mol. The first-order valence-electron chi connectivity index (χ1n) is 7.85. The molecule has 1 aromatic carbocycles. The summed E-state index contributed by atoms with van der Waals surface area (Å²) < 4.78 is 38.3. The van der Waals surface area contributed by atoms with Gasteiger partial charge in [-0.05, 0) is 18.2 Å². The lowest BCUT2D eigenvalue weighted by Crippen LogP contribution is -2.41. The highest BCUT2D eigenvalue weighted by Crippen LogP contribution is 2.32. The molecule has 0 atom stereocenters. The SMILES string of the molecule is O=C(c1ccco1)N1CCC(Oc2nc3c(F)cc(F)cc3s2)CC1. The second-order valence-corrected chi connectivity index (χ2v) is 6.79. The van der Waals surface area contributed by atoms with Crippen LogP contribution in [0.1, 0.15) is 23.4 Å². The van der Waals surface area contributed by atoms with Crippen LogP contribution in [0.5, 0.6) is 5.19 Å². The van der Waals surface area contributed by atoms with Crippen LogP contribution in [0, 0.1) is 11.6 Å². The zero-order chi connectivity index (χ0) is 17.4. The zero-order valence-corrected chi connectivity index (χ0v) is 13.9. The van der Waals surface area contributed by atoms with Gasteiger partial charge in [0.25, 0.3) is 11.1 Å². The lowest BCUT2D eigenvalue weighted by Gasteiger charge is -2.31. The number of hydrogen-bond acceptors (Lipinski definition) is 5. The molecular formula is C17H14F2N2O3S. The van der Waals surface area contributed by atoms with Crippen LogP contribution in [0.15, 0.2) is 34.9 Å². The van der Waals surface area contributed by atoms with Crippen molar-refractivity contribution in [2.45, 2.75) is 18.9 Å². The molecule has 3 aromatic rings. The van der Waals surface area contributed by atoms with E-state index in [1.165, 1.54) is 12.3 Å². The summed E-state index contributed by atoms with van der Waals surface area (Å²) >= 11 is 1.12. The van der Waals surface area contributed by atoms with Crippen LogP contribution in [0.25, 0.3) is 10.2 Å². The number of carbonyl (C=O) groups excluding carboxylic acids is 1. The van der Waals surface area contributed by atoms with Crippen LogP contribution < -0.4 is 4.74 Å². The number of amides is 1. The van der Waals surface area contributed by atoms with Crippen LogP contribution in [-0.4, -0.2) is 35.0 Å². The van der Waals surface area contributed by atoms with Crippen molar-refractivity contribution in [1.29, 1.82) is 0 Å². The number of likely N-dealkylation sites (tertiary alicyclic amines) is 1. The molecule has 3 heterocycles. The van der Waals surface area contributed by atoms with Crippen molar-refractivity contribution in [3.8, 4) is 5.19 Å². The van der Waals surface area contributed by atoms with E-state index in [4.69, 9.17) is 9.15 Å². The van der Waals surface area contributed by atoms with E-state index in [9.17, 15) is 13.6 Å². The molecule has 130 valence electrons. The Balaban J connectivity index is 1.40. The molecule has 1 fully saturated rings. The van der Waals surface area contributed by atoms with Gasteiger partial charge in [0.1, 0.15) is 17.4 Å². The van der Waals surface area contributed by atoms with Crippen LogP contribution in [0.4, 0.5) is 8.78 Å². The Bertz CT molecular complexity index is 902. The summed E-state index contributed by atoms with van der Waals surface area (Å²) in [5, 5.41) is 0.315. The first kappa shape index (κ1) is 16.0. The van der Waals surface area contributed by atoms with Gasteiger partial charge in [-0.15, -0.1) is 0 Å². The summed E-state index contributed by atoms with van der Waals surface area (Å²) in [6, 6.07) is 5.37. The minimum atomic E-state index is -0.694. The number of fused-ring (bicyclic) bond motifs is 1. The topological polar surface area (TPSA) is 55.6 Å². The van der Waals surface area contributed by atoms with E-state index in [2.05, 4.69) is 4.98 Å². The molecule has 25 heavy (non-hydrogen) atoms. The Labute approximate surface area is 145 Å². The Hall–Kier alpha value is -2.48. The second kappa shape index (κ2) is 6.44. The number of carbonyl (C=O) groups is 1. The molecular weight excluding hydrogens is 350 g/mol. The number of hydrogen-bond donors (Lipinski definition) is 0. The van der Waals surface area contributed by atoms with Crippen LogP contribution in [-0.2, 0) is 0 Å². The van der Waals surface area contributed by atoms with Gasteiger partial charge in [0.05, 0.1) is 11.0 Å². The van der Waals surface area contributed by atoms with Gasteiger partial charge < -0.3 is 14.1 Å². The van der Waals surface area contributed by atoms with Crippen LogP contribution >= 0.6 is 11.3 Å². The van der Waals surface area contributed by atoms with Gasteiger partial charge in [0, 0.05) is 32.0 Å². The number of aromatic nitrogens is 1. The Morgan fingerprint density at radius 3 is 2.84 bits per heavy atom. The van der Waals surface area contributed by atoms with Crippen molar-refractivity contribution in [2.75, 3.05) is 13.1 Å². The fraction of sp³-hybridized carbons (Fsp3) is 0.294. The van der Waals surface area contributed by atoms with Crippen molar-refractivity contribution in [3.63, 3.8) is 0 Å². The average Bonchev–Trinajstić information content (AvgIpc) is 3.24. The maximum atomic E-state index is 13.7. The summed E-state index contributed by atoms with van der Waals surface area (Å²) in [6.45, 7) is 1.08. The maximum Gasteiger partial charge on any atom is 0.289 e. The highest BCUT2D eigenvalue weighted by molar-refractivity contribution is 7.20. The molecule has 0 unspecified atom stereocenters. The summed E-state index contributed by atoms with van der Waals surface area (Å²) in [5.74, 6) is -1.14. The number of thiazole rings is 1. The molecule has 5 nitrogen and oxygen atoms in total. The van der Waals surface area contributed by atoms with Crippen LogP contribution in [0.3, 0.4) is 0 Å². The summed E-state index contributed by atoms with van der Waals surface area (Å²) in [4.78, 5) is 18.0. The first-order chi connectivity index (χ1) is 12.1. The highest BCUT2D eigenvalue weighted by atomic mass is 32.1. The van der Waals surface area contributed by atoms with Gasteiger partial charge in [-0.25, -0.2) is 8.78 Å². The van der Waals surface area contributed by atoms with E-state index in [1.807, 2.05) is 0 Å². The third kappa shape index (κ3) is 3.21. The number of benzene rings is 1. The van der Waals surface area contributed by atoms with Crippen LogP contribution in [0.2, 0.25) is 0 Å². The molecule has 1 aliphatic rings. The first-order valence-corrected chi connectivity index (χ1v) is 8.67. The molecule has 1 saturated heterocycles. The number of rotatable bonds is 3. The molecule has 0 aliphatic carbocycles. The third-order valence-corrected chi connectivity index (χ3v) is 5.02. The van der Waals surface area contributed by atoms with Crippen molar-refractivity contribution < 1.29 is 22.7 Å². The molecule has 2 aromatic heterocycles. The maximum absolute atomic E-state index is 13.7. The van der Waals surface area contributed by atoms with Gasteiger partial charge in [-0.2, -0.15) is 4.98 Å². The third-order valence-electron chi connectivity index (χ3n) is 4.12. The molecule has 1 aliphatic heterocycles. The molecule has 0 radical (unpaired) electrons. The molecule has 0 bridgehead atoms. The second-order valence-electron chi connectivity index (χ2n) is 5.80. The normalized spacial score (nSPS) is 15.7. The Morgan fingerprint density at radius 1 is 1.32 bits per heavy atom. The molecule has 4 rings (SSSR count). The molecule has 0 spiro atoms. The van der Waals surface area contributed by atoms with E-state index in [-0.39, 0.29) is 17.5 Å². The summed E-state index contributed by atoms with van der Waals surface area (Å²) in [7, 11) is 0. The lowest BCUT2D eigenvalue weighted by molar-refractivity contribution is 0.0566. The van der Waals surface area contributed by atoms with Crippen molar-refractivity contribution >= 4 is 27.5 Å². The number of furan rings is 1. The van der Waals surface area contributed by atoms with Gasteiger partial charge >= 0.3 is 0 Å². The molecule has 0 saturated carbocycles. The minimum absolute atomic E-state index is 0.117. The standard InChI is InChI=1S/C17H14F2N2O3S/c18-10-8-12(19)15-14(9-10)25-17(20-15)24-11-3-5-21(6-4-11)16(22)13-2-1-7-23-13/h1-2,7-9,11H,3-6H2. The van der Waals surface area contributed by atoms with Crippen molar-refractivity contribution in [2.24, 2.45) is 0 Å². The van der Waals surface area contributed by atoms with Gasteiger partial charge in [0.15, 0.2) is 11.6 Å². The number of piperidine rings is 1. The van der Waals surface area contributed by atoms with E-state index >= 15 is 0 Å². The average molecular weight is 364 g/mol. The van der Waals surface area contributed by atoms with E-state index < -0.39 is 11.6 Å². The lowest BCUT2D eigenvalue weighted by atomic mass is 10.1. The fourth-order valence-corrected chi connectivity index (χ4v) is 3.78. The quantitative estimate of drug-likeness (QED) is 0.708. The summed E-state index contributed by atoms with van der Waals surface area (Å²) in [5.41, 5.74) is 0.117. The van der Waals surface area contributed by atoms with E-state index in [1.54, 1.807) is 17.0 Å². The smallest absolute Gasteiger partial charge is 0.289 e. The van der Waals surface area contributed by atoms with Crippen molar-refractivity contribution in [1.82, 2.24) is 9.88 Å². The van der Waals surface area contributed by atoms with Gasteiger partial charge in [-0.1, -0.05) is 11.3 Å². The molecule has 0 N–H and O–H groups in total. The summed E-state index contributed by atoms with van der Waals surface area (Å²) in [6.07, 6.45) is 2.63. The molecule has 1 amide bonds. The predicted molar refractivity (Wildman–Crippen MR) is 87.8 cm³/mol. The van der Waals surface area contributed by atoms with Gasteiger partial charge in [-0.3, -0.25) is 4.79 Å². The Kier molecular flexibility index (Phi) is 4.12. The van der Waals surface area contributed by atoms with E-state index in [0.29, 0.717) is 41.6 Å². The number of ether oxygens (including phenoxy) is 1. The van der Waals surface area contributed by atoms with Gasteiger partial charge in [0.2, 0.25) is 0 Å². The highest BCUT2D eigenvalue weighted by Gasteiger charge is 2.26. The number of nitrogens with zero attached hydrogens (tertiary/aromatic N) is 2. The largest absolute Gasteiger partial charge is 0.467 e. The zero-order valence-electron chi connectivity index (χ0n) is 13.1. The fourth-order valence-electron chi connectivity index (χ4n) is 2.86. The van der Waals surface area contributed by atoms with E-state index in [0.717, 1.165) is 17.4 Å². The number of halogens is 2.